The van der Waals surface area contributed by atoms with E-state index in [2.05, 4.69) is 15.9 Å². The Morgan fingerprint density at radius 3 is 2.47 bits per heavy atom. The molecule has 0 aliphatic heterocycles. The first kappa shape index (κ1) is 13.9. The van der Waals surface area contributed by atoms with E-state index in [0.717, 1.165) is 6.07 Å². The largest absolute Gasteiger partial charge is 0.478 e. The lowest BCUT2D eigenvalue weighted by Gasteiger charge is -2.10. The first-order valence-corrected chi connectivity index (χ1v) is 5.59. The van der Waals surface area contributed by atoms with Gasteiger partial charge in [0, 0.05) is 9.37 Å². The number of aromatic carboxylic acids is 1. The van der Waals surface area contributed by atoms with Crippen molar-refractivity contribution < 1.29 is 23.1 Å². The molecule has 0 heterocycles. The Kier molecular flexibility index (Phi) is 4.06. The van der Waals surface area contributed by atoms with Gasteiger partial charge in [-0.25, -0.2) is 4.79 Å². The molecule has 0 saturated carbocycles. The van der Waals surface area contributed by atoms with Crippen molar-refractivity contribution in [3.8, 4) is 6.07 Å². The second kappa shape index (κ2) is 4.98. The molecule has 0 aromatic heterocycles. The van der Waals surface area contributed by atoms with Crippen LogP contribution in [0.25, 0.3) is 0 Å². The average molecular weight is 326 g/mol. The summed E-state index contributed by atoms with van der Waals surface area (Å²) in [7, 11) is 0. The summed E-state index contributed by atoms with van der Waals surface area (Å²) in [5, 5.41) is 17.5. The number of carboxylic acids is 1. The number of benzene rings is 1. The summed E-state index contributed by atoms with van der Waals surface area (Å²) in [6.07, 6.45) is 0. The van der Waals surface area contributed by atoms with Crippen molar-refractivity contribution in [3.05, 3.63) is 27.7 Å². The Morgan fingerprint density at radius 2 is 2.06 bits per heavy atom. The maximum atomic E-state index is 12.3. The molecule has 3 nitrogen and oxygen atoms in total. The minimum absolute atomic E-state index is 0.0291. The molecule has 0 aliphatic rings. The average Bonchev–Trinajstić information content (AvgIpc) is 2.18. The van der Waals surface area contributed by atoms with E-state index >= 15 is 0 Å². The van der Waals surface area contributed by atoms with Crippen LogP contribution in [0.1, 0.15) is 15.9 Å². The minimum Gasteiger partial charge on any atom is -0.478 e. The van der Waals surface area contributed by atoms with Crippen LogP contribution in [-0.2, 0) is 0 Å². The van der Waals surface area contributed by atoms with Gasteiger partial charge in [-0.1, -0.05) is 0 Å². The minimum atomic E-state index is -4.59. The Bertz CT molecular complexity index is 510. The van der Waals surface area contributed by atoms with Gasteiger partial charge in [-0.05, 0) is 39.8 Å². The number of hydrogen-bond acceptors (Lipinski definition) is 3. The quantitative estimate of drug-likeness (QED) is 0.843. The number of nitriles is 1. The highest BCUT2D eigenvalue weighted by Gasteiger charge is 2.33. The molecule has 1 aromatic rings. The predicted molar refractivity (Wildman–Crippen MR) is 57.7 cm³/mol. The zero-order valence-corrected chi connectivity index (χ0v) is 10.3. The number of halogens is 4. The number of thioether (sulfide) groups is 1. The molecule has 1 N–H and O–H groups in total. The zero-order valence-electron chi connectivity index (χ0n) is 7.88. The lowest BCUT2D eigenvalue weighted by atomic mass is 10.1. The van der Waals surface area contributed by atoms with E-state index in [1.807, 2.05) is 0 Å². The van der Waals surface area contributed by atoms with Crippen molar-refractivity contribution in [3.63, 3.8) is 0 Å². The first-order valence-electron chi connectivity index (χ1n) is 3.98. The first-order chi connectivity index (χ1) is 7.76. The van der Waals surface area contributed by atoms with Crippen molar-refractivity contribution in [2.45, 2.75) is 10.4 Å². The van der Waals surface area contributed by atoms with Gasteiger partial charge in [-0.2, -0.15) is 18.4 Å². The lowest BCUT2D eigenvalue weighted by molar-refractivity contribution is -0.0328. The van der Waals surface area contributed by atoms with Crippen LogP contribution >= 0.6 is 27.7 Å². The second-order valence-corrected chi connectivity index (χ2v) is 4.69. The molecular weight excluding hydrogens is 323 g/mol. The summed E-state index contributed by atoms with van der Waals surface area (Å²) < 4.78 is 36.8. The smallest absolute Gasteiger partial charge is 0.446 e. The molecule has 8 heteroatoms. The van der Waals surface area contributed by atoms with Gasteiger partial charge in [0.25, 0.3) is 0 Å². The summed E-state index contributed by atoms with van der Waals surface area (Å²) in [4.78, 5) is 10.3. The molecule has 0 saturated heterocycles. The fraction of sp³-hybridized carbons (Fsp3) is 0.111. The van der Waals surface area contributed by atoms with Crippen molar-refractivity contribution in [2.24, 2.45) is 0 Å². The normalized spacial score (nSPS) is 11.0. The van der Waals surface area contributed by atoms with Gasteiger partial charge in [0.05, 0.1) is 11.1 Å². The summed E-state index contributed by atoms with van der Waals surface area (Å²) >= 11 is 2.34. The van der Waals surface area contributed by atoms with Gasteiger partial charge in [-0.3, -0.25) is 0 Å². The molecule has 0 spiro atoms. The molecule has 1 aromatic carbocycles. The van der Waals surface area contributed by atoms with E-state index in [1.165, 1.54) is 12.1 Å². The fourth-order valence-corrected chi connectivity index (χ4v) is 2.29. The predicted octanol–water partition coefficient (Wildman–Crippen LogP) is 3.63. The molecule has 0 unspecified atom stereocenters. The molecular formula is C9H3BrF3NO2S. The molecule has 17 heavy (non-hydrogen) atoms. The van der Waals surface area contributed by atoms with Crippen LogP contribution in [-0.4, -0.2) is 16.6 Å². The molecule has 1 rings (SSSR count). The summed E-state index contributed by atoms with van der Waals surface area (Å²) in [5.41, 5.74) is -5.55. The highest BCUT2D eigenvalue weighted by atomic mass is 79.9. The summed E-state index contributed by atoms with van der Waals surface area (Å²) in [6, 6.07) is 3.72. The van der Waals surface area contributed by atoms with Crippen molar-refractivity contribution in [2.75, 3.05) is 0 Å². The number of carbonyl (C=O) groups is 1. The fourth-order valence-electron chi connectivity index (χ4n) is 1.06. The standard InChI is InChI=1S/C9H3BrF3NO2S/c10-6-2-1-4(8(15)16)5(3-14)7(6)17-9(11,12)13/h1-2H,(H,15,16). The number of nitrogens with zero attached hydrogens (tertiary/aromatic N) is 1. The Hall–Kier alpha value is -1.20. The molecule has 0 aliphatic carbocycles. The van der Waals surface area contributed by atoms with E-state index in [9.17, 15) is 18.0 Å². The second-order valence-electron chi connectivity index (χ2n) is 2.76. The van der Waals surface area contributed by atoms with Crippen LogP contribution in [0.5, 0.6) is 0 Å². The van der Waals surface area contributed by atoms with Crippen molar-refractivity contribution in [1.82, 2.24) is 0 Å². The van der Waals surface area contributed by atoms with Crippen molar-refractivity contribution >= 4 is 33.7 Å². The molecule has 0 amide bonds. The number of alkyl halides is 3. The highest BCUT2D eigenvalue weighted by molar-refractivity contribution is 9.10. The Labute approximate surface area is 106 Å². The van der Waals surface area contributed by atoms with Gasteiger partial charge >= 0.3 is 11.5 Å². The third kappa shape index (κ3) is 3.38. The van der Waals surface area contributed by atoms with E-state index in [-0.39, 0.29) is 4.47 Å². The van der Waals surface area contributed by atoms with Crippen LogP contribution in [0, 0.1) is 11.3 Å². The molecule has 90 valence electrons. The number of carboxylic acid groups (broad SMARTS) is 1. The van der Waals surface area contributed by atoms with Gasteiger partial charge in [-0.15, -0.1) is 0 Å². The van der Waals surface area contributed by atoms with Gasteiger partial charge in [0.1, 0.15) is 6.07 Å². The molecule has 0 atom stereocenters. The van der Waals surface area contributed by atoms with Crippen LogP contribution in [0.4, 0.5) is 13.2 Å². The molecule has 0 fully saturated rings. The van der Waals surface area contributed by atoms with Crippen LogP contribution in [0.3, 0.4) is 0 Å². The Morgan fingerprint density at radius 1 is 1.47 bits per heavy atom. The SMILES string of the molecule is N#Cc1c(C(=O)O)ccc(Br)c1SC(F)(F)F. The number of hydrogen-bond donors (Lipinski definition) is 1. The topological polar surface area (TPSA) is 61.1 Å². The van der Waals surface area contributed by atoms with Gasteiger partial charge in [0.15, 0.2) is 0 Å². The lowest BCUT2D eigenvalue weighted by Crippen LogP contribution is -2.05. The maximum absolute atomic E-state index is 12.3. The highest BCUT2D eigenvalue weighted by Crippen LogP contribution is 2.42. The van der Waals surface area contributed by atoms with Crippen molar-refractivity contribution in [1.29, 1.82) is 5.26 Å². The van der Waals surface area contributed by atoms with E-state index in [0.29, 0.717) is 0 Å². The molecule has 0 bridgehead atoms. The van der Waals surface area contributed by atoms with E-state index in [1.54, 1.807) is 0 Å². The summed E-state index contributed by atoms with van der Waals surface area (Å²) in [5.74, 6) is -1.45. The van der Waals surface area contributed by atoms with Gasteiger partial charge < -0.3 is 5.11 Å². The third-order valence-electron chi connectivity index (χ3n) is 1.67. The molecule has 0 radical (unpaired) electrons. The van der Waals surface area contributed by atoms with E-state index in [4.69, 9.17) is 10.4 Å². The van der Waals surface area contributed by atoms with Gasteiger partial charge in [0.2, 0.25) is 0 Å². The third-order valence-corrected chi connectivity index (χ3v) is 3.45. The zero-order chi connectivity index (χ0) is 13.2. The van der Waals surface area contributed by atoms with Crippen LogP contribution < -0.4 is 0 Å². The Balaban J connectivity index is 3.42. The van der Waals surface area contributed by atoms with E-state index < -0.39 is 39.3 Å². The number of rotatable bonds is 2. The van der Waals surface area contributed by atoms with Crippen LogP contribution in [0.15, 0.2) is 21.5 Å². The summed E-state index contributed by atoms with van der Waals surface area (Å²) in [6.45, 7) is 0. The monoisotopic (exact) mass is 325 g/mol. The van der Waals surface area contributed by atoms with Crippen LogP contribution in [0.2, 0.25) is 0 Å². The maximum Gasteiger partial charge on any atom is 0.446 e.